The van der Waals surface area contributed by atoms with Gasteiger partial charge in [-0.25, -0.2) is 0 Å². The second kappa shape index (κ2) is 20.1. The summed E-state index contributed by atoms with van der Waals surface area (Å²) in [4.78, 5) is 0. The predicted molar refractivity (Wildman–Crippen MR) is 87.4 cm³/mol. The Kier molecular flexibility index (Phi) is 20.3. The standard InChI is InChI=1S/C15H32O5S/c1-3-14-21-15-13-20-12-11-19-10-9-18-8-7-17-6-5-16-4-2/h3-15H2,1-2H3. The van der Waals surface area contributed by atoms with E-state index < -0.39 is 0 Å². The lowest BCUT2D eigenvalue weighted by Crippen LogP contribution is -2.13. The molecule has 0 aromatic carbocycles. The average Bonchev–Trinajstić information content (AvgIpc) is 2.50. The molecule has 0 aliphatic heterocycles. The molecule has 21 heavy (non-hydrogen) atoms. The molecular formula is C15H32O5S. The monoisotopic (exact) mass is 324 g/mol. The Morgan fingerprint density at radius 2 is 0.952 bits per heavy atom. The molecule has 0 aliphatic rings. The van der Waals surface area contributed by atoms with Crippen LogP contribution in [0, 0.1) is 0 Å². The van der Waals surface area contributed by atoms with E-state index in [1.807, 2.05) is 18.7 Å². The van der Waals surface area contributed by atoms with Crippen molar-refractivity contribution in [2.75, 3.05) is 77.6 Å². The quantitative estimate of drug-likeness (QED) is 0.360. The Morgan fingerprint density at radius 3 is 1.38 bits per heavy atom. The van der Waals surface area contributed by atoms with Crippen molar-refractivity contribution in [2.24, 2.45) is 0 Å². The molecule has 0 atom stereocenters. The van der Waals surface area contributed by atoms with Crippen LogP contribution < -0.4 is 0 Å². The molecule has 5 nitrogen and oxygen atoms in total. The first kappa shape index (κ1) is 21.1. The summed E-state index contributed by atoms with van der Waals surface area (Å²) in [5.74, 6) is 2.28. The molecule has 0 saturated heterocycles. The van der Waals surface area contributed by atoms with Crippen LogP contribution in [0.15, 0.2) is 0 Å². The zero-order valence-electron chi connectivity index (χ0n) is 13.6. The van der Waals surface area contributed by atoms with Crippen LogP contribution in [0.2, 0.25) is 0 Å². The number of thioether (sulfide) groups is 1. The van der Waals surface area contributed by atoms with Gasteiger partial charge in [-0.1, -0.05) is 6.92 Å². The minimum atomic E-state index is 0.598. The molecule has 0 aliphatic carbocycles. The van der Waals surface area contributed by atoms with E-state index in [1.165, 1.54) is 12.2 Å². The van der Waals surface area contributed by atoms with Gasteiger partial charge in [0, 0.05) is 12.4 Å². The number of rotatable bonds is 18. The van der Waals surface area contributed by atoms with Gasteiger partial charge >= 0.3 is 0 Å². The van der Waals surface area contributed by atoms with Crippen molar-refractivity contribution >= 4 is 11.8 Å². The van der Waals surface area contributed by atoms with Gasteiger partial charge in [0.15, 0.2) is 0 Å². The average molecular weight is 324 g/mol. The van der Waals surface area contributed by atoms with Gasteiger partial charge < -0.3 is 23.7 Å². The summed E-state index contributed by atoms with van der Waals surface area (Å²) in [6, 6.07) is 0. The van der Waals surface area contributed by atoms with Gasteiger partial charge in [0.25, 0.3) is 0 Å². The molecule has 0 bridgehead atoms. The molecule has 0 fully saturated rings. The third-order valence-corrected chi connectivity index (χ3v) is 3.56. The van der Waals surface area contributed by atoms with E-state index in [2.05, 4.69) is 6.92 Å². The first-order chi connectivity index (χ1) is 10.4. The first-order valence-corrected chi connectivity index (χ1v) is 9.03. The van der Waals surface area contributed by atoms with Crippen LogP contribution >= 0.6 is 11.8 Å². The van der Waals surface area contributed by atoms with Crippen molar-refractivity contribution in [3.63, 3.8) is 0 Å². The van der Waals surface area contributed by atoms with Gasteiger partial charge in [0.2, 0.25) is 0 Å². The highest BCUT2D eigenvalue weighted by molar-refractivity contribution is 7.99. The van der Waals surface area contributed by atoms with Crippen molar-refractivity contribution in [2.45, 2.75) is 20.3 Å². The van der Waals surface area contributed by atoms with Crippen LogP contribution in [0.25, 0.3) is 0 Å². The molecule has 0 heterocycles. The van der Waals surface area contributed by atoms with E-state index >= 15 is 0 Å². The van der Waals surface area contributed by atoms with Crippen LogP contribution in [0.1, 0.15) is 20.3 Å². The van der Waals surface area contributed by atoms with Crippen LogP contribution in [-0.4, -0.2) is 77.6 Å². The second-order valence-electron chi connectivity index (χ2n) is 4.26. The fraction of sp³-hybridized carbons (Fsp3) is 1.00. The lowest BCUT2D eigenvalue weighted by Gasteiger charge is -2.07. The van der Waals surface area contributed by atoms with Crippen LogP contribution in [0.4, 0.5) is 0 Å². The molecule has 0 N–H and O–H groups in total. The van der Waals surface area contributed by atoms with E-state index in [0.29, 0.717) is 52.9 Å². The van der Waals surface area contributed by atoms with Crippen molar-refractivity contribution in [3.05, 3.63) is 0 Å². The molecule has 0 rings (SSSR count). The zero-order chi connectivity index (χ0) is 15.4. The topological polar surface area (TPSA) is 46.2 Å². The Labute approximate surface area is 134 Å². The molecule has 0 unspecified atom stereocenters. The normalized spacial score (nSPS) is 11.1. The second-order valence-corrected chi connectivity index (χ2v) is 5.48. The zero-order valence-corrected chi connectivity index (χ0v) is 14.5. The smallest absolute Gasteiger partial charge is 0.0701 e. The van der Waals surface area contributed by atoms with Crippen molar-refractivity contribution in [1.29, 1.82) is 0 Å². The van der Waals surface area contributed by atoms with E-state index in [-0.39, 0.29) is 0 Å². The van der Waals surface area contributed by atoms with Gasteiger partial charge in [-0.05, 0) is 19.1 Å². The molecule has 0 aromatic rings. The maximum absolute atomic E-state index is 5.45. The van der Waals surface area contributed by atoms with E-state index in [1.54, 1.807) is 0 Å². The highest BCUT2D eigenvalue weighted by atomic mass is 32.2. The third-order valence-electron chi connectivity index (χ3n) is 2.41. The summed E-state index contributed by atoms with van der Waals surface area (Å²) < 4.78 is 26.7. The predicted octanol–water partition coefficient (Wildman–Crippen LogP) is 2.23. The first-order valence-electron chi connectivity index (χ1n) is 7.88. The van der Waals surface area contributed by atoms with Crippen LogP contribution in [0.3, 0.4) is 0 Å². The molecule has 128 valence electrons. The molecule has 6 heteroatoms. The van der Waals surface area contributed by atoms with Gasteiger partial charge in [-0.3, -0.25) is 0 Å². The summed E-state index contributed by atoms with van der Waals surface area (Å²) in [5.41, 5.74) is 0. The highest BCUT2D eigenvalue weighted by Crippen LogP contribution is 2.00. The number of ether oxygens (including phenoxy) is 5. The SMILES string of the molecule is CCCSCCOCCOCCOCCOCCOCC. The largest absolute Gasteiger partial charge is 0.379 e. The fourth-order valence-electron chi connectivity index (χ4n) is 1.39. The van der Waals surface area contributed by atoms with E-state index in [9.17, 15) is 0 Å². The Morgan fingerprint density at radius 1 is 0.524 bits per heavy atom. The molecule has 0 aromatic heterocycles. The van der Waals surface area contributed by atoms with E-state index in [0.717, 1.165) is 19.0 Å². The molecular weight excluding hydrogens is 292 g/mol. The fourth-order valence-corrected chi connectivity index (χ4v) is 2.12. The van der Waals surface area contributed by atoms with E-state index in [4.69, 9.17) is 23.7 Å². The highest BCUT2D eigenvalue weighted by Gasteiger charge is 1.93. The summed E-state index contributed by atoms with van der Waals surface area (Å²) in [6.45, 7) is 10.7. The van der Waals surface area contributed by atoms with Crippen molar-refractivity contribution < 1.29 is 23.7 Å². The maximum atomic E-state index is 5.45. The minimum Gasteiger partial charge on any atom is -0.379 e. The van der Waals surface area contributed by atoms with Crippen molar-refractivity contribution in [1.82, 2.24) is 0 Å². The minimum absolute atomic E-state index is 0.598. The molecule has 0 spiro atoms. The summed E-state index contributed by atoms with van der Waals surface area (Å²) in [6.07, 6.45) is 1.23. The number of hydrogen-bond donors (Lipinski definition) is 0. The van der Waals surface area contributed by atoms with Crippen LogP contribution in [0.5, 0.6) is 0 Å². The molecule has 0 amide bonds. The van der Waals surface area contributed by atoms with Gasteiger partial charge in [0.05, 0.1) is 59.5 Å². The molecule has 0 radical (unpaired) electrons. The third kappa shape index (κ3) is 20.1. The Bertz CT molecular complexity index is 165. The Balaban J connectivity index is 2.90. The summed E-state index contributed by atoms with van der Waals surface area (Å²) >= 11 is 1.93. The summed E-state index contributed by atoms with van der Waals surface area (Å²) in [7, 11) is 0. The van der Waals surface area contributed by atoms with Gasteiger partial charge in [0.1, 0.15) is 0 Å². The maximum Gasteiger partial charge on any atom is 0.0701 e. The molecule has 0 saturated carbocycles. The van der Waals surface area contributed by atoms with Gasteiger partial charge in [-0.15, -0.1) is 0 Å². The van der Waals surface area contributed by atoms with Crippen LogP contribution in [-0.2, 0) is 23.7 Å². The lowest BCUT2D eigenvalue weighted by molar-refractivity contribution is -0.00918. The lowest BCUT2D eigenvalue weighted by atomic mass is 10.6. The number of hydrogen-bond acceptors (Lipinski definition) is 6. The summed E-state index contributed by atoms with van der Waals surface area (Å²) in [5, 5.41) is 0. The van der Waals surface area contributed by atoms with Gasteiger partial charge in [-0.2, -0.15) is 11.8 Å². The van der Waals surface area contributed by atoms with Crippen molar-refractivity contribution in [3.8, 4) is 0 Å². The Hall–Kier alpha value is 0.150.